The third-order valence-electron chi connectivity index (χ3n) is 5.34. The van der Waals surface area contributed by atoms with Crippen LogP contribution in [-0.4, -0.2) is 6.21 Å². The third kappa shape index (κ3) is 4.95. The number of para-hydroxylation sites is 2. The maximum absolute atomic E-state index is 4.72. The molecule has 0 radical (unpaired) electrons. The summed E-state index contributed by atoms with van der Waals surface area (Å²) in [5, 5.41) is 3.68. The van der Waals surface area contributed by atoms with Gasteiger partial charge in [0.25, 0.3) is 0 Å². The molecule has 150 valence electrons. The molecule has 3 aromatic carbocycles. The fraction of sp³-hybridized carbons (Fsp3) is 0.296. The molecule has 0 bridgehead atoms. The highest BCUT2D eigenvalue weighted by Crippen LogP contribution is 2.34. The highest BCUT2D eigenvalue weighted by Gasteiger charge is 2.13. The van der Waals surface area contributed by atoms with Crippen LogP contribution in [0, 0.1) is 13.8 Å². The van der Waals surface area contributed by atoms with Gasteiger partial charge in [-0.2, -0.15) is 0 Å². The van der Waals surface area contributed by atoms with Crippen LogP contribution < -0.4 is 5.32 Å². The van der Waals surface area contributed by atoms with Gasteiger partial charge >= 0.3 is 0 Å². The van der Waals surface area contributed by atoms with E-state index in [4.69, 9.17) is 4.99 Å². The van der Waals surface area contributed by atoms with Crippen LogP contribution in [0.15, 0.2) is 65.7 Å². The van der Waals surface area contributed by atoms with Gasteiger partial charge in [0.1, 0.15) is 0 Å². The summed E-state index contributed by atoms with van der Waals surface area (Å²) in [7, 11) is 0. The topological polar surface area (TPSA) is 24.4 Å². The standard InChI is InChI=1S/C27H32N2/c1-18(2)24-11-8-12-25(19(3)4)27(24)29-23-15-13-22(14-16-23)17-28-26-20(5)9-7-10-21(26)6/h7-19,29H,1-6H3. The van der Waals surface area contributed by atoms with E-state index in [2.05, 4.69) is 108 Å². The van der Waals surface area contributed by atoms with Gasteiger partial charge in [0.05, 0.1) is 5.69 Å². The number of aryl methyl sites for hydroxylation is 2. The lowest BCUT2D eigenvalue weighted by molar-refractivity contribution is 0.838. The minimum absolute atomic E-state index is 0.472. The van der Waals surface area contributed by atoms with Crippen molar-refractivity contribution in [1.82, 2.24) is 0 Å². The number of aliphatic imine (C=N–C) groups is 1. The van der Waals surface area contributed by atoms with Gasteiger partial charge in [0, 0.05) is 17.6 Å². The summed E-state index contributed by atoms with van der Waals surface area (Å²) in [6.07, 6.45) is 1.95. The lowest BCUT2D eigenvalue weighted by Gasteiger charge is -2.21. The molecule has 0 heterocycles. The number of nitrogens with one attached hydrogen (secondary N) is 1. The van der Waals surface area contributed by atoms with Crippen molar-refractivity contribution in [2.24, 2.45) is 4.99 Å². The van der Waals surface area contributed by atoms with Crippen LogP contribution in [0.25, 0.3) is 0 Å². The molecule has 3 aromatic rings. The highest BCUT2D eigenvalue weighted by molar-refractivity contribution is 5.83. The number of nitrogens with zero attached hydrogens (tertiary/aromatic N) is 1. The zero-order chi connectivity index (χ0) is 21.0. The summed E-state index contributed by atoms with van der Waals surface area (Å²) in [4.78, 5) is 4.72. The summed E-state index contributed by atoms with van der Waals surface area (Å²) in [6, 6.07) is 21.4. The third-order valence-corrected chi connectivity index (χ3v) is 5.34. The van der Waals surface area contributed by atoms with Crippen LogP contribution in [0.5, 0.6) is 0 Å². The van der Waals surface area contributed by atoms with Crippen LogP contribution in [-0.2, 0) is 0 Å². The predicted octanol–water partition coefficient (Wildman–Crippen LogP) is 8.04. The molecule has 0 saturated heterocycles. The number of anilines is 2. The number of hydrogen-bond donors (Lipinski definition) is 1. The second-order valence-electron chi connectivity index (χ2n) is 8.37. The first-order valence-corrected chi connectivity index (χ1v) is 10.5. The van der Waals surface area contributed by atoms with Gasteiger partial charge in [-0.25, -0.2) is 0 Å². The summed E-state index contributed by atoms with van der Waals surface area (Å²) in [6.45, 7) is 13.2. The second kappa shape index (κ2) is 9.09. The van der Waals surface area contributed by atoms with Crippen molar-refractivity contribution >= 4 is 23.3 Å². The van der Waals surface area contributed by atoms with E-state index in [9.17, 15) is 0 Å². The lowest BCUT2D eigenvalue weighted by atomic mass is 9.92. The Morgan fingerprint density at radius 1 is 0.724 bits per heavy atom. The van der Waals surface area contributed by atoms with Crippen LogP contribution in [0.3, 0.4) is 0 Å². The molecule has 0 amide bonds. The smallest absolute Gasteiger partial charge is 0.0688 e. The second-order valence-corrected chi connectivity index (χ2v) is 8.37. The van der Waals surface area contributed by atoms with E-state index in [1.54, 1.807) is 0 Å². The van der Waals surface area contributed by atoms with Crippen LogP contribution >= 0.6 is 0 Å². The van der Waals surface area contributed by atoms with Gasteiger partial charge in [-0.1, -0.05) is 76.2 Å². The van der Waals surface area contributed by atoms with Crippen molar-refractivity contribution in [3.8, 4) is 0 Å². The number of benzene rings is 3. The van der Waals surface area contributed by atoms with Crippen LogP contribution in [0.4, 0.5) is 17.1 Å². The highest BCUT2D eigenvalue weighted by atomic mass is 14.9. The summed E-state index contributed by atoms with van der Waals surface area (Å²) in [5.74, 6) is 0.944. The Bertz CT molecular complexity index is 949. The maximum atomic E-state index is 4.72. The van der Waals surface area contributed by atoms with Crippen molar-refractivity contribution in [2.45, 2.75) is 53.4 Å². The van der Waals surface area contributed by atoms with Gasteiger partial charge < -0.3 is 5.32 Å². The van der Waals surface area contributed by atoms with Gasteiger partial charge in [0.2, 0.25) is 0 Å². The first kappa shape index (κ1) is 20.9. The van der Waals surface area contributed by atoms with E-state index in [-0.39, 0.29) is 0 Å². The minimum atomic E-state index is 0.472. The SMILES string of the molecule is Cc1cccc(C)c1N=Cc1ccc(Nc2c(C(C)C)cccc2C(C)C)cc1. The zero-order valence-electron chi connectivity index (χ0n) is 18.5. The molecule has 1 N–H and O–H groups in total. The summed E-state index contributed by atoms with van der Waals surface area (Å²) >= 11 is 0. The van der Waals surface area contributed by atoms with Crippen molar-refractivity contribution in [1.29, 1.82) is 0 Å². The molecule has 29 heavy (non-hydrogen) atoms. The Morgan fingerprint density at radius 2 is 1.24 bits per heavy atom. The molecule has 0 aliphatic heterocycles. The Hall–Kier alpha value is -2.87. The molecule has 3 rings (SSSR count). The molecule has 2 heteroatoms. The largest absolute Gasteiger partial charge is 0.355 e. The molecule has 2 nitrogen and oxygen atoms in total. The quantitative estimate of drug-likeness (QED) is 0.427. The minimum Gasteiger partial charge on any atom is -0.355 e. The molecular formula is C27H32N2. The Morgan fingerprint density at radius 3 is 1.76 bits per heavy atom. The van der Waals surface area contributed by atoms with Crippen LogP contribution in [0.1, 0.15) is 67.3 Å². The number of hydrogen-bond acceptors (Lipinski definition) is 2. The monoisotopic (exact) mass is 384 g/mol. The van der Waals surface area contributed by atoms with E-state index in [0.717, 1.165) is 16.9 Å². The molecule has 0 saturated carbocycles. The van der Waals surface area contributed by atoms with E-state index >= 15 is 0 Å². The zero-order valence-corrected chi connectivity index (χ0v) is 18.5. The van der Waals surface area contributed by atoms with Crippen molar-refractivity contribution in [3.63, 3.8) is 0 Å². The van der Waals surface area contributed by atoms with Crippen molar-refractivity contribution in [3.05, 3.63) is 88.5 Å². The average Bonchev–Trinajstić information content (AvgIpc) is 2.68. The summed E-state index contributed by atoms with van der Waals surface area (Å²) < 4.78 is 0. The molecule has 0 aliphatic rings. The average molecular weight is 385 g/mol. The first-order valence-electron chi connectivity index (χ1n) is 10.5. The first-order chi connectivity index (χ1) is 13.9. The normalized spacial score (nSPS) is 11.6. The molecule has 0 spiro atoms. The molecule has 0 unspecified atom stereocenters. The Balaban J connectivity index is 1.84. The molecular weight excluding hydrogens is 352 g/mol. The molecule has 0 aromatic heterocycles. The van der Waals surface area contributed by atoms with Gasteiger partial charge in [0.15, 0.2) is 0 Å². The van der Waals surface area contributed by atoms with Gasteiger partial charge in [-0.3, -0.25) is 4.99 Å². The number of rotatable bonds is 6. The van der Waals surface area contributed by atoms with Crippen molar-refractivity contribution < 1.29 is 0 Å². The Kier molecular flexibility index (Phi) is 6.53. The Labute approximate surface area is 175 Å². The maximum Gasteiger partial charge on any atom is 0.0688 e. The van der Waals surface area contributed by atoms with Gasteiger partial charge in [-0.15, -0.1) is 0 Å². The van der Waals surface area contributed by atoms with E-state index in [1.165, 1.54) is 27.9 Å². The fourth-order valence-electron chi connectivity index (χ4n) is 3.64. The molecule has 0 atom stereocenters. The van der Waals surface area contributed by atoms with Crippen LogP contribution in [0.2, 0.25) is 0 Å². The predicted molar refractivity (Wildman–Crippen MR) is 128 cm³/mol. The summed E-state index contributed by atoms with van der Waals surface area (Å²) in [5.41, 5.74) is 9.62. The van der Waals surface area contributed by atoms with E-state index < -0.39 is 0 Å². The van der Waals surface area contributed by atoms with E-state index in [0.29, 0.717) is 11.8 Å². The molecule has 0 fully saturated rings. The van der Waals surface area contributed by atoms with Gasteiger partial charge in [-0.05, 0) is 65.6 Å². The van der Waals surface area contributed by atoms with E-state index in [1.807, 2.05) is 6.21 Å². The lowest BCUT2D eigenvalue weighted by Crippen LogP contribution is -2.03. The van der Waals surface area contributed by atoms with Crippen molar-refractivity contribution in [2.75, 3.05) is 5.32 Å². The molecule has 0 aliphatic carbocycles. The fourth-order valence-corrected chi connectivity index (χ4v) is 3.64.